The van der Waals surface area contributed by atoms with Crippen LogP contribution in [0, 0.1) is 0 Å². The Bertz CT molecular complexity index is 875. The van der Waals surface area contributed by atoms with Crippen molar-refractivity contribution in [3.8, 4) is 11.5 Å². The summed E-state index contributed by atoms with van der Waals surface area (Å²) in [7, 11) is 3.05. The van der Waals surface area contributed by atoms with Crippen LogP contribution in [-0.2, 0) is 20.7 Å². The number of ketones is 1. The molecule has 2 rings (SSSR count). The smallest absolute Gasteiger partial charge is 0.310 e. The molecule has 0 bridgehead atoms. The number of amides is 1. The van der Waals surface area contributed by atoms with Crippen molar-refractivity contribution in [3.63, 3.8) is 0 Å². The first-order valence-corrected chi connectivity index (χ1v) is 9.10. The molecule has 0 aromatic heterocycles. The molecule has 0 radical (unpaired) electrons. The van der Waals surface area contributed by atoms with E-state index in [-0.39, 0.29) is 30.8 Å². The molecule has 0 aliphatic heterocycles. The van der Waals surface area contributed by atoms with Crippen molar-refractivity contribution in [3.05, 3.63) is 59.2 Å². The minimum absolute atomic E-state index is 0.0202. The van der Waals surface area contributed by atoms with Crippen LogP contribution in [0.2, 0.25) is 0 Å². The van der Waals surface area contributed by atoms with Crippen molar-refractivity contribution < 1.29 is 28.6 Å². The van der Waals surface area contributed by atoms with E-state index in [0.29, 0.717) is 22.6 Å². The third kappa shape index (κ3) is 6.34. The minimum Gasteiger partial charge on any atom is -0.497 e. The van der Waals surface area contributed by atoms with E-state index in [0.717, 1.165) is 5.56 Å². The second kappa shape index (κ2) is 10.3. The number of methoxy groups -OCH3 is 2. The third-order valence-corrected chi connectivity index (χ3v) is 4.35. The quantitative estimate of drug-likeness (QED) is 0.515. The van der Waals surface area contributed by atoms with Crippen molar-refractivity contribution in [1.82, 2.24) is 5.32 Å². The highest BCUT2D eigenvalue weighted by atomic mass is 16.5. The highest BCUT2D eigenvalue weighted by molar-refractivity contribution is 5.98. The summed E-state index contributed by atoms with van der Waals surface area (Å²) in [5, 5.41) is 2.78. The Hall–Kier alpha value is -3.35. The van der Waals surface area contributed by atoms with E-state index in [9.17, 15) is 14.4 Å². The van der Waals surface area contributed by atoms with Gasteiger partial charge in [-0.2, -0.15) is 0 Å². The normalized spacial score (nSPS) is 11.3. The van der Waals surface area contributed by atoms with E-state index in [1.54, 1.807) is 49.6 Å². The lowest BCUT2D eigenvalue weighted by atomic mass is 10.0. The molecule has 0 saturated carbocycles. The van der Waals surface area contributed by atoms with Crippen LogP contribution in [0.15, 0.2) is 42.5 Å². The van der Waals surface area contributed by atoms with Crippen molar-refractivity contribution in [2.45, 2.75) is 26.3 Å². The molecule has 154 valence electrons. The van der Waals surface area contributed by atoms with Gasteiger partial charge in [0, 0.05) is 24.1 Å². The highest BCUT2D eigenvalue weighted by Crippen LogP contribution is 2.25. The molecule has 7 heteroatoms. The maximum Gasteiger partial charge on any atom is 0.310 e. The topological polar surface area (TPSA) is 90.9 Å². The summed E-state index contributed by atoms with van der Waals surface area (Å²) < 4.78 is 15.5. The minimum atomic E-state index is -0.530. The molecule has 0 unspecified atom stereocenters. The predicted octanol–water partition coefficient (Wildman–Crippen LogP) is 2.87. The SMILES string of the molecule is COc1ccc(CC(=O)OCC(=O)c2ccc([C@H](C)NC(C)=O)cc2)c(OC)c1. The summed E-state index contributed by atoms with van der Waals surface area (Å²) in [6, 6.07) is 11.8. The lowest BCUT2D eigenvalue weighted by Crippen LogP contribution is -2.23. The second-order valence-corrected chi connectivity index (χ2v) is 6.48. The Labute approximate surface area is 170 Å². The zero-order chi connectivity index (χ0) is 21.4. The fraction of sp³-hybridized carbons (Fsp3) is 0.318. The highest BCUT2D eigenvalue weighted by Gasteiger charge is 2.14. The van der Waals surface area contributed by atoms with Gasteiger partial charge in [0.05, 0.1) is 26.7 Å². The number of benzene rings is 2. The molecule has 0 spiro atoms. The fourth-order valence-corrected chi connectivity index (χ4v) is 2.78. The molecule has 0 heterocycles. The third-order valence-electron chi connectivity index (χ3n) is 4.35. The molecule has 1 amide bonds. The zero-order valence-corrected chi connectivity index (χ0v) is 17.0. The van der Waals surface area contributed by atoms with Crippen LogP contribution >= 0.6 is 0 Å². The number of ether oxygens (including phenoxy) is 3. The number of hydrogen-bond donors (Lipinski definition) is 1. The first-order chi connectivity index (χ1) is 13.8. The van der Waals surface area contributed by atoms with Gasteiger partial charge in [0.2, 0.25) is 5.91 Å². The van der Waals surface area contributed by atoms with Gasteiger partial charge >= 0.3 is 5.97 Å². The van der Waals surface area contributed by atoms with Crippen LogP contribution in [0.4, 0.5) is 0 Å². The summed E-state index contributed by atoms with van der Waals surface area (Å²) in [6.45, 7) is 2.95. The lowest BCUT2D eigenvalue weighted by Gasteiger charge is -2.13. The first-order valence-electron chi connectivity index (χ1n) is 9.10. The number of Topliss-reactive ketones (excluding diaryl/α,β-unsaturated/α-hetero) is 1. The predicted molar refractivity (Wildman–Crippen MR) is 107 cm³/mol. The molecule has 7 nitrogen and oxygen atoms in total. The number of hydrogen-bond acceptors (Lipinski definition) is 6. The number of nitrogens with one attached hydrogen (secondary N) is 1. The molecule has 0 aliphatic carbocycles. The Balaban J connectivity index is 1.92. The van der Waals surface area contributed by atoms with Gasteiger partial charge in [-0.1, -0.05) is 30.3 Å². The van der Waals surface area contributed by atoms with Crippen molar-refractivity contribution in [2.75, 3.05) is 20.8 Å². The van der Waals surface area contributed by atoms with Crippen molar-refractivity contribution in [1.29, 1.82) is 0 Å². The van der Waals surface area contributed by atoms with E-state index < -0.39 is 5.97 Å². The van der Waals surface area contributed by atoms with Crippen LogP contribution < -0.4 is 14.8 Å². The van der Waals surface area contributed by atoms with E-state index in [1.807, 2.05) is 6.92 Å². The molecular formula is C22H25NO6. The first kappa shape index (κ1) is 21.9. The van der Waals surface area contributed by atoms with Crippen molar-refractivity contribution >= 4 is 17.7 Å². The lowest BCUT2D eigenvalue weighted by molar-refractivity contribution is -0.141. The van der Waals surface area contributed by atoms with E-state index in [4.69, 9.17) is 14.2 Å². The summed E-state index contributed by atoms with van der Waals surface area (Å²) in [4.78, 5) is 35.5. The van der Waals surface area contributed by atoms with E-state index in [2.05, 4.69) is 5.32 Å². The molecule has 2 aromatic carbocycles. The molecule has 1 atom stereocenters. The molecule has 0 fully saturated rings. The Morgan fingerprint density at radius 2 is 1.69 bits per heavy atom. The fourth-order valence-electron chi connectivity index (χ4n) is 2.78. The maximum atomic E-state index is 12.3. The van der Waals surface area contributed by atoms with Gasteiger partial charge in [0.15, 0.2) is 12.4 Å². The number of carbonyl (C=O) groups excluding carboxylic acids is 3. The summed E-state index contributed by atoms with van der Waals surface area (Å²) in [5.41, 5.74) is 1.95. The van der Waals surface area contributed by atoms with Crippen LogP contribution in [0.25, 0.3) is 0 Å². The average molecular weight is 399 g/mol. The van der Waals surface area contributed by atoms with Gasteiger partial charge in [-0.3, -0.25) is 14.4 Å². The van der Waals surface area contributed by atoms with Crippen LogP contribution in [0.5, 0.6) is 11.5 Å². The Morgan fingerprint density at radius 3 is 2.28 bits per heavy atom. The number of carbonyl (C=O) groups is 3. The maximum absolute atomic E-state index is 12.3. The average Bonchev–Trinajstić information content (AvgIpc) is 2.71. The summed E-state index contributed by atoms with van der Waals surface area (Å²) >= 11 is 0. The Kier molecular flexibility index (Phi) is 7.77. The van der Waals surface area contributed by atoms with Gasteiger partial charge in [-0.15, -0.1) is 0 Å². The monoisotopic (exact) mass is 399 g/mol. The zero-order valence-electron chi connectivity index (χ0n) is 17.0. The van der Waals surface area contributed by atoms with Crippen LogP contribution in [-0.4, -0.2) is 38.5 Å². The summed E-state index contributed by atoms with van der Waals surface area (Å²) in [5.74, 6) is 0.163. The molecule has 0 aliphatic rings. The Morgan fingerprint density at radius 1 is 1.00 bits per heavy atom. The number of esters is 1. The van der Waals surface area contributed by atoms with E-state index in [1.165, 1.54) is 14.0 Å². The molecule has 29 heavy (non-hydrogen) atoms. The second-order valence-electron chi connectivity index (χ2n) is 6.48. The molecule has 2 aromatic rings. The van der Waals surface area contributed by atoms with Crippen molar-refractivity contribution in [2.24, 2.45) is 0 Å². The molecular weight excluding hydrogens is 374 g/mol. The summed E-state index contributed by atoms with van der Waals surface area (Å²) in [6.07, 6.45) is -0.0202. The van der Waals surface area contributed by atoms with Gasteiger partial charge in [-0.05, 0) is 18.6 Å². The van der Waals surface area contributed by atoms with E-state index >= 15 is 0 Å². The van der Waals surface area contributed by atoms with Gasteiger partial charge in [0.25, 0.3) is 0 Å². The molecule has 0 saturated heterocycles. The van der Waals surface area contributed by atoms with Gasteiger partial charge in [-0.25, -0.2) is 0 Å². The van der Waals surface area contributed by atoms with Gasteiger partial charge in [0.1, 0.15) is 11.5 Å². The van der Waals surface area contributed by atoms with Gasteiger partial charge < -0.3 is 19.5 Å². The largest absolute Gasteiger partial charge is 0.497 e. The molecule has 1 N–H and O–H groups in total. The number of rotatable bonds is 9. The van der Waals surface area contributed by atoms with Crippen LogP contribution in [0.1, 0.15) is 41.4 Å². The standard InChI is InChI=1S/C22H25NO6/c1-14(23-15(2)24)16-5-7-17(8-6-16)20(25)13-29-22(26)11-18-9-10-19(27-3)12-21(18)28-4/h5-10,12,14H,11,13H2,1-4H3,(H,23,24)/t14-/m0/s1. The van der Waals surface area contributed by atoms with Crippen LogP contribution in [0.3, 0.4) is 0 Å².